The summed E-state index contributed by atoms with van der Waals surface area (Å²) in [4.78, 5) is 66.7. The van der Waals surface area contributed by atoms with Crippen LogP contribution in [-0.2, 0) is 19.1 Å². The fraction of sp³-hybridized carbons (Fsp3) is 0.548. The molecule has 14 nitrogen and oxygen atoms in total. The summed E-state index contributed by atoms with van der Waals surface area (Å²) in [6.07, 6.45) is 1.66. The first kappa shape index (κ1) is 35.0. The molecule has 2 heterocycles. The number of nitrogens with zero attached hydrogens (tertiary/aromatic N) is 1. The van der Waals surface area contributed by atoms with Gasteiger partial charge >= 0.3 is 11.6 Å². The Morgan fingerprint density at radius 3 is 2.51 bits per heavy atom. The van der Waals surface area contributed by atoms with Crippen LogP contribution in [-0.4, -0.2) is 71.4 Å². The maximum Gasteiger partial charge on any atom is 0.351 e. The SMILES string of the molecule is Cc1c(C(=O)OC(C)(C)C)c(=O)oc2cc(NC(=O)[C@H](CCCNC(=N)N)NC(=O)[C@@H]3CCCN3C(=O)[C@@H](N)C(C)C)ccc12. The molecule has 45 heavy (non-hydrogen) atoms. The molecule has 1 aromatic carbocycles. The minimum atomic E-state index is -0.999. The van der Waals surface area contributed by atoms with E-state index in [0.717, 1.165) is 0 Å². The maximum atomic E-state index is 13.5. The molecule has 1 saturated heterocycles. The average Bonchev–Trinajstić information content (AvgIpc) is 3.42. The van der Waals surface area contributed by atoms with Gasteiger partial charge in [0.15, 0.2) is 5.96 Å². The zero-order valence-corrected chi connectivity index (χ0v) is 26.7. The van der Waals surface area contributed by atoms with Crippen LogP contribution in [0.25, 0.3) is 11.0 Å². The number of carbonyl (C=O) groups excluding carboxylic acids is 4. The van der Waals surface area contributed by atoms with E-state index >= 15 is 0 Å². The topological polar surface area (TPSA) is 223 Å². The van der Waals surface area contributed by atoms with Gasteiger partial charge < -0.3 is 41.5 Å². The summed E-state index contributed by atoms with van der Waals surface area (Å²) in [5.74, 6) is -2.43. The van der Waals surface area contributed by atoms with Crippen molar-refractivity contribution in [1.29, 1.82) is 5.41 Å². The third kappa shape index (κ3) is 9.03. The molecule has 0 bridgehead atoms. The molecular formula is C31H45N7O7. The predicted octanol–water partition coefficient (Wildman–Crippen LogP) is 1.72. The quantitative estimate of drug-likeness (QED) is 0.0695. The number of carbonyl (C=O) groups is 4. The summed E-state index contributed by atoms with van der Waals surface area (Å²) in [5, 5.41) is 16.1. The van der Waals surface area contributed by atoms with Gasteiger partial charge in [0.1, 0.15) is 28.8 Å². The molecule has 0 spiro atoms. The molecule has 1 fully saturated rings. The third-order valence-corrected chi connectivity index (χ3v) is 7.50. The number of fused-ring (bicyclic) bond motifs is 1. The molecule has 3 rings (SSSR count). The number of amides is 3. The van der Waals surface area contributed by atoms with Gasteiger partial charge in [-0.25, -0.2) is 9.59 Å². The monoisotopic (exact) mass is 627 g/mol. The molecule has 0 unspecified atom stereocenters. The molecule has 3 atom stereocenters. The minimum absolute atomic E-state index is 0.104. The number of nitrogens with one attached hydrogen (secondary N) is 4. The number of anilines is 1. The molecule has 0 aliphatic carbocycles. The lowest BCUT2D eigenvalue weighted by Gasteiger charge is -2.29. The Morgan fingerprint density at radius 1 is 1.20 bits per heavy atom. The molecule has 1 aromatic heterocycles. The average molecular weight is 628 g/mol. The molecule has 0 radical (unpaired) electrons. The van der Waals surface area contributed by atoms with Gasteiger partial charge in [0.2, 0.25) is 17.7 Å². The third-order valence-electron chi connectivity index (χ3n) is 7.50. The van der Waals surface area contributed by atoms with Crippen molar-refractivity contribution < 1.29 is 28.3 Å². The fourth-order valence-corrected chi connectivity index (χ4v) is 5.07. The van der Waals surface area contributed by atoms with Crippen LogP contribution in [0, 0.1) is 18.3 Å². The van der Waals surface area contributed by atoms with Crippen molar-refractivity contribution in [3.8, 4) is 0 Å². The molecule has 14 heteroatoms. The van der Waals surface area contributed by atoms with Gasteiger partial charge in [-0.2, -0.15) is 0 Å². The van der Waals surface area contributed by atoms with E-state index in [1.165, 1.54) is 11.0 Å². The van der Waals surface area contributed by atoms with E-state index in [0.29, 0.717) is 49.0 Å². The summed E-state index contributed by atoms with van der Waals surface area (Å²) in [7, 11) is 0. The molecule has 0 saturated carbocycles. The summed E-state index contributed by atoms with van der Waals surface area (Å²) < 4.78 is 10.8. The first-order valence-electron chi connectivity index (χ1n) is 15.1. The number of guanidine groups is 1. The van der Waals surface area contributed by atoms with Gasteiger partial charge in [-0.05, 0) is 77.0 Å². The summed E-state index contributed by atoms with van der Waals surface area (Å²) in [6.45, 7) is 11.1. The molecular weight excluding hydrogens is 582 g/mol. The molecule has 8 N–H and O–H groups in total. The van der Waals surface area contributed by atoms with E-state index in [2.05, 4.69) is 16.0 Å². The van der Waals surface area contributed by atoms with Crippen LogP contribution >= 0.6 is 0 Å². The number of nitrogens with two attached hydrogens (primary N) is 2. The number of hydrogen-bond donors (Lipinski definition) is 6. The standard InChI is InChI=1S/C31H45N7O7/c1-16(2)24(32)27(41)38-14-8-10-21(38)26(40)37-20(9-7-13-35-30(33)34)25(39)36-18-11-12-19-17(3)23(28(42)44-22(19)15-18)29(43)45-31(4,5)6/h11-12,15-16,20-21,24H,7-10,13-14,32H2,1-6H3,(H,36,39)(H,37,40)(H4,33,34,35)/t20-,21-,24-/m0/s1. The Morgan fingerprint density at radius 2 is 1.89 bits per heavy atom. The van der Waals surface area contributed by atoms with E-state index in [1.54, 1.807) is 39.8 Å². The van der Waals surface area contributed by atoms with Gasteiger partial charge in [-0.1, -0.05) is 13.8 Å². The van der Waals surface area contributed by atoms with E-state index in [9.17, 15) is 24.0 Å². The van der Waals surface area contributed by atoms with E-state index < -0.39 is 47.1 Å². The number of esters is 1. The number of benzene rings is 1. The lowest BCUT2D eigenvalue weighted by atomic mass is 10.0. The van der Waals surface area contributed by atoms with Crippen molar-refractivity contribution in [2.24, 2.45) is 17.4 Å². The van der Waals surface area contributed by atoms with Gasteiger partial charge in [0, 0.05) is 30.2 Å². The summed E-state index contributed by atoms with van der Waals surface area (Å²) in [5.41, 5.74) is 10.4. The number of rotatable bonds is 11. The van der Waals surface area contributed by atoms with Crippen LogP contribution in [0.1, 0.15) is 76.2 Å². The molecule has 2 aromatic rings. The normalized spacial score (nSPS) is 16.3. The highest BCUT2D eigenvalue weighted by atomic mass is 16.6. The Hall–Kier alpha value is -4.46. The van der Waals surface area contributed by atoms with Crippen molar-refractivity contribution in [1.82, 2.24) is 15.5 Å². The van der Waals surface area contributed by atoms with Crippen LogP contribution in [0.15, 0.2) is 27.4 Å². The highest BCUT2D eigenvalue weighted by Gasteiger charge is 2.38. The second-order valence-corrected chi connectivity index (χ2v) is 12.6. The fourth-order valence-electron chi connectivity index (χ4n) is 5.07. The van der Waals surface area contributed by atoms with E-state index in [4.69, 9.17) is 26.0 Å². The number of likely N-dealkylation sites (tertiary alicyclic amines) is 1. The van der Waals surface area contributed by atoms with Gasteiger partial charge in [0.05, 0.1) is 6.04 Å². The molecule has 1 aliphatic heterocycles. The van der Waals surface area contributed by atoms with E-state index in [1.807, 2.05) is 13.8 Å². The Labute approximate surface area is 262 Å². The molecule has 3 amide bonds. The van der Waals surface area contributed by atoms with Crippen LogP contribution in [0.4, 0.5) is 5.69 Å². The Bertz CT molecular complexity index is 1510. The second-order valence-electron chi connectivity index (χ2n) is 12.6. The van der Waals surface area contributed by atoms with Gasteiger partial charge in [-0.15, -0.1) is 0 Å². The lowest BCUT2D eigenvalue weighted by Crippen LogP contribution is -2.55. The highest BCUT2D eigenvalue weighted by Crippen LogP contribution is 2.25. The first-order valence-corrected chi connectivity index (χ1v) is 15.1. The summed E-state index contributed by atoms with van der Waals surface area (Å²) in [6, 6.07) is 2.16. The summed E-state index contributed by atoms with van der Waals surface area (Å²) >= 11 is 0. The first-order chi connectivity index (χ1) is 21.0. The van der Waals surface area contributed by atoms with E-state index in [-0.39, 0.29) is 35.4 Å². The van der Waals surface area contributed by atoms with Crippen LogP contribution in [0.2, 0.25) is 0 Å². The largest absolute Gasteiger partial charge is 0.456 e. The predicted molar refractivity (Wildman–Crippen MR) is 170 cm³/mol. The molecule has 1 aliphatic rings. The van der Waals surface area contributed by atoms with Crippen molar-refractivity contribution >= 4 is 46.3 Å². The van der Waals surface area contributed by atoms with Gasteiger partial charge in [-0.3, -0.25) is 19.8 Å². The Balaban J connectivity index is 1.82. The van der Waals surface area contributed by atoms with Crippen molar-refractivity contribution in [2.75, 3.05) is 18.4 Å². The lowest BCUT2D eigenvalue weighted by molar-refractivity contribution is -0.140. The number of hydrogen-bond acceptors (Lipinski definition) is 9. The zero-order chi connectivity index (χ0) is 33.6. The van der Waals surface area contributed by atoms with Crippen molar-refractivity contribution in [2.45, 2.75) is 91.0 Å². The zero-order valence-electron chi connectivity index (χ0n) is 26.7. The minimum Gasteiger partial charge on any atom is -0.456 e. The maximum absolute atomic E-state index is 13.5. The van der Waals surface area contributed by atoms with Crippen molar-refractivity contribution in [3.05, 3.63) is 39.7 Å². The van der Waals surface area contributed by atoms with Crippen LogP contribution < -0.4 is 33.0 Å². The van der Waals surface area contributed by atoms with Crippen molar-refractivity contribution in [3.63, 3.8) is 0 Å². The number of ether oxygens (including phenoxy) is 1. The van der Waals surface area contributed by atoms with Crippen LogP contribution in [0.3, 0.4) is 0 Å². The Kier molecular flexibility index (Phi) is 11.3. The van der Waals surface area contributed by atoms with Gasteiger partial charge in [0.25, 0.3) is 0 Å². The molecule has 246 valence electrons. The highest BCUT2D eigenvalue weighted by molar-refractivity contribution is 6.01. The second kappa shape index (κ2) is 14.5. The smallest absolute Gasteiger partial charge is 0.351 e. The number of aryl methyl sites for hydroxylation is 1. The van der Waals surface area contributed by atoms with Crippen LogP contribution in [0.5, 0.6) is 0 Å².